The first kappa shape index (κ1) is 21.1. The molecule has 2 N–H and O–H groups in total. The van der Waals surface area contributed by atoms with Crippen LogP contribution in [-0.4, -0.2) is 25.5 Å². The highest BCUT2D eigenvalue weighted by molar-refractivity contribution is 5.85. The van der Waals surface area contributed by atoms with E-state index in [2.05, 4.69) is 10.6 Å². The highest BCUT2D eigenvalue weighted by Crippen LogP contribution is 2.42. The fraction of sp³-hybridized carbons (Fsp3) is 0.650. The maximum absolute atomic E-state index is 14.3. The molecule has 0 atom stereocenters. The van der Waals surface area contributed by atoms with Crippen molar-refractivity contribution in [3.05, 3.63) is 35.4 Å². The van der Waals surface area contributed by atoms with Crippen LogP contribution in [0, 0.1) is 17.6 Å². The van der Waals surface area contributed by atoms with Crippen molar-refractivity contribution >= 4 is 18.3 Å². The zero-order valence-electron chi connectivity index (χ0n) is 15.2. The number of carbonyl (C=O) groups is 1. The van der Waals surface area contributed by atoms with Crippen molar-refractivity contribution in [3.8, 4) is 0 Å². The van der Waals surface area contributed by atoms with Crippen LogP contribution < -0.4 is 10.6 Å². The lowest BCUT2D eigenvalue weighted by Gasteiger charge is -2.31. The Morgan fingerprint density at radius 1 is 1.15 bits per heavy atom. The molecule has 1 saturated heterocycles. The molecule has 0 bridgehead atoms. The molecule has 146 valence electrons. The van der Waals surface area contributed by atoms with E-state index in [1.807, 2.05) is 0 Å². The molecule has 0 radical (unpaired) electrons. The maximum atomic E-state index is 14.3. The Morgan fingerprint density at radius 3 is 2.38 bits per heavy atom. The maximum Gasteiger partial charge on any atom is 0.220 e. The van der Waals surface area contributed by atoms with Gasteiger partial charge in [-0.1, -0.05) is 18.9 Å². The second kappa shape index (κ2) is 9.65. The normalized spacial score (nSPS) is 19.8. The first-order valence-electron chi connectivity index (χ1n) is 9.53. The molecule has 1 aromatic carbocycles. The van der Waals surface area contributed by atoms with Crippen LogP contribution in [0.15, 0.2) is 18.2 Å². The molecule has 3 rings (SSSR count). The van der Waals surface area contributed by atoms with E-state index in [1.54, 1.807) is 0 Å². The van der Waals surface area contributed by atoms with Gasteiger partial charge in [-0.05, 0) is 63.2 Å². The first-order chi connectivity index (χ1) is 12.1. The number of amides is 1. The monoisotopic (exact) mass is 386 g/mol. The van der Waals surface area contributed by atoms with Crippen LogP contribution in [0.5, 0.6) is 0 Å². The van der Waals surface area contributed by atoms with Gasteiger partial charge in [0.25, 0.3) is 0 Å². The van der Waals surface area contributed by atoms with E-state index in [0.29, 0.717) is 18.9 Å². The Labute approximate surface area is 160 Å². The van der Waals surface area contributed by atoms with Crippen LogP contribution in [0.1, 0.15) is 56.9 Å². The van der Waals surface area contributed by atoms with Crippen molar-refractivity contribution in [3.63, 3.8) is 0 Å². The molecule has 1 aromatic rings. The summed E-state index contributed by atoms with van der Waals surface area (Å²) in [6.07, 6.45) is 6.97. The second-order valence-corrected chi connectivity index (χ2v) is 7.59. The largest absolute Gasteiger partial charge is 0.355 e. The molecule has 2 fully saturated rings. The summed E-state index contributed by atoms with van der Waals surface area (Å²) in [5.74, 6) is -0.380. The topological polar surface area (TPSA) is 41.1 Å². The van der Waals surface area contributed by atoms with Crippen LogP contribution in [0.25, 0.3) is 0 Å². The van der Waals surface area contributed by atoms with Crippen molar-refractivity contribution < 1.29 is 13.6 Å². The number of nitrogens with one attached hydrogen (secondary N) is 2. The van der Waals surface area contributed by atoms with Gasteiger partial charge in [-0.15, -0.1) is 12.4 Å². The van der Waals surface area contributed by atoms with Crippen molar-refractivity contribution in [2.24, 2.45) is 5.92 Å². The average molecular weight is 387 g/mol. The van der Waals surface area contributed by atoms with Gasteiger partial charge in [0.1, 0.15) is 11.6 Å². The van der Waals surface area contributed by atoms with Gasteiger partial charge in [0.2, 0.25) is 5.91 Å². The van der Waals surface area contributed by atoms with E-state index in [9.17, 15) is 13.6 Å². The van der Waals surface area contributed by atoms with Crippen molar-refractivity contribution in [1.29, 1.82) is 0 Å². The van der Waals surface area contributed by atoms with Crippen LogP contribution in [0.4, 0.5) is 8.78 Å². The van der Waals surface area contributed by atoms with Crippen LogP contribution >= 0.6 is 12.4 Å². The Hall–Kier alpha value is -1.20. The summed E-state index contributed by atoms with van der Waals surface area (Å²) in [7, 11) is 0. The predicted octanol–water partition coefficient (Wildman–Crippen LogP) is 4.09. The minimum atomic E-state index is -0.597. The molecule has 1 saturated carbocycles. The molecule has 0 spiro atoms. The van der Waals surface area contributed by atoms with Crippen LogP contribution in [0.3, 0.4) is 0 Å². The molecule has 1 aliphatic heterocycles. The summed E-state index contributed by atoms with van der Waals surface area (Å²) in [6.45, 7) is 2.39. The van der Waals surface area contributed by atoms with Gasteiger partial charge in [0.05, 0.1) is 0 Å². The van der Waals surface area contributed by atoms with Crippen LogP contribution in [-0.2, 0) is 10.2 Å². The number of hydrogen-bond donors (Lipinski definition) is 2. The second-order valence-electron chi connectivity index (χ2n) is 7.59. The van der Waals surface area contributed by atoms with Gasteiger partial charge in [-0.2, -0.15) is 0 Å². The molecular weight excluding hydrogens is 358 g/mol. The van der Waals surface area contributed by atoms with Gasteiger partial charge < -0.3 is 10.6 Å². The van der Waals surface area contributed by atoms with Crippen molar-refractivity contribution in [1.82, 2.24) is 10.6 Å². The van der Waals surface area contributed by atoms with Gasteiger partial charge in [0, 0.05) is 23.9 Å². The van der Waals surface area contributed by atoms with Gasteiger partial charge in [-0.3, -0.25) is 4.79 Å². The summed E-state index contributed by atoms with van der Waals surface area (Å²) in [5, 5.41) is 6.30. The minimum absolute atomic E-state index is 0. The third-order valence-corrected chi connectivity index (χ3v) is 5.92. The van der Waals surface area contributed by atoms with E-state index in [-0.39, 0.29) is 23.9 Å². The van der Waals surface area contributed by atoms with E-state index in [4.69, 9.17) is 0 Å². The molecule has 0 unspecified atom stereocenters. The van der Waals surface area contributed by atoms with Crippen molar-refractivity contribution in [2.75, 3.05) is 19.6 Å². The number of hydrogen-bond acceptors (Lipinski definition) is 2. The number of piperidine rings is 1. The Bertz CT molecular complexity index is 579. The molecule has 0 aromatic heterocycles. The van der Waals surface area contributed by atoms with Gasteiger partial charge in [0.15, 0.2) is 0 Å². The summed E-state index contributed by atoms with van der Waals surface area (Å²) in [6, 6.07) is 4.03. The van der Waals surface area contributed by atoms with E-state index in [0.717, 1.165) is 58.0 Å². The molecule has 1 amide bonds. The fourth-order valence-electron chi connectivity index (χ4n) is 4.43. The summed E-state index contributed by atoms with van der Waals surface area (Å²) in [5.41, 5.74) is -0.439. The lowest BCUT2D eigenvalue weighted by molar-refractivity contribution is -0.121. The van der Waals surface area contributed by atoms with E-state index >= 15 is 0 Å². The van der Waals surface area contributed by atoms with Gasteiger partial charge in [-0.25, -0.2) is 8.78 Å². The summed E-state index contributed by atoms with van der Waals surface area (Å²) >= 11 is 0. The molecule has 6 heteroatoms. The first-order valence-corrected chi connectivity index (χ1v) is 9.53. The molecule has 3 nitrogen and oxygen atoms in total. The van der Waals surface area contributed by atoms with E-state index < -0.39 is 17.0 Å². The highest BCUT2D eigenvalue weighted by Gasteiger charge is 2.40. The Kier molecular flexibility index (Phi) is 7.84. The lowest BCUT2D eigenvalue weighted by Crippen LogP contribution is -2.40. The molecule has 1 heterocycles. The van der Waals surface area contributed by atoms with E-state index in [1.165, 1.54) is 18.2 Å². The molecular formula is C20H29ClF2N2O. The zero-order chi connectivity index (χ0) is 17.7. The zero-order valence-corrected chi connectivity index (χ0v) is 16.0. The highest BCUT2D eigenvalue weighted by atomic mass is 35.5. The van der Waals surface area contributed by atoms with Gasteiger partial charge >= 0.3 is 0 Å². The molecule has 26 heavy (non-hydrogen) atoms. The number of carbonyl (C=O) groups excluding carboxylic acids is 1. The standard InChI is InChI=1S/C20H28F2N2O.ClH/c21-16-4-3-5-17(22)19(16)20(10-1-2-11-20)14-24-18(25)7-6-15-8-12-23-13-9-15;/h3-5,15,23H,1-2,6-14H2,(H,24,25);1H. The van der Waals surface area contributed by atoms with Crippen molar-refractivity contribution in [2.45, 2.75) is 56.8 Å². The smallest absolute Gasteiger partial charge is 0.220 e. The third kappa shape index (κ3) is 4.95. The number of halogens is 3. The quantitative estimate of drug-likeness (QED) is 0.773. The third-order valence-electron chi connectivity index (χ3n) is 5.92. The molecule has 2 aliphatic rings. The summed E-state index contributed by atoms with van der Waals surface area (Å²) < 4.78 is 28.6. The summed E-state index contributed by atoms with van der Waals surface area (Å²) in [4.78, 5) is 12.3. The number of rotatable bonds is 6. The predicted molar refractivity (Wildman–Crippen MR) is 102 cm³/mol. The average Bonchev–Trinajstić information content (AvgIpc) is 3.09. The SMILES string of the molecule is Cl.O=C(CCC1CCNCC1)NCC1(c2c(F)cccc2F)CCCC1. The minimum Gasteiger partial charge on any atom is -0.355 e. The lowest BCUT2D eigenvalue weighted by atomic mass is 9.78. The Morgan fingerprint density at radius 2 is 1.77 bits per heavy atom. The number of benzene rings is 1. The van der Waals surface area contributed by atoms with Crippen LogP contribution in [0.2, 0.25) is 0 Å². The fourth-order valence-corrected chi connectivity index (χ4v) is 4.43. The Balaban J connectivity index is 0.00000243. The molecule has 1 aliphatic carbocycles.